The van der Waals surface area contributed by atoms with Crippen molar-refractivity contribution in [3.05, 3.63) is 0 Å². The Bertz CT molecular complexity index is 544. The van der Waals surface area contributed by atoms with Gasteiger partial charge in [0.1, 0.15) is 6.54 Å². The number of piperidine rings is 3. The SMILES string of the molecule is CCCOc1nc(OCCC)nc([N+]23CCC(CC2)C(=O)C3)n1. The van der Waals surface area contributed by atoms with E-state index in [0.29, 0.717) is 48.0 Å². The lowest BCUT2D eigenvalue weighted by molar-refractivity contribution is -0.130. The average molecular weight is 321 g/mol. The van der Waals surface area contributed by atoms with Gasteiger partial charge in [0.2, 0.25) is 0 Å². The lowest BCUT2D eigenvalue weighted by Gasteiger charge is -2.45. The highest BCUT2D eigenvalue weighted by molar-refractivity contribution is 5.86. The third-order valence-electron chi connectivity index (χ3n) is 4.60. The van der Waals surface area contributed by atoms with Crippen molar-refractivity contribution in [1.82, 2.24) is 19.4 Å². The van der Waals surface area contributed by atoms with Crippen molar-refractivity contribution in [3.8, 4) is 12.0 Å². The van der Waals surface area contributed by atoms with E-state index in [0.717, 1.165) is 38.8 Å². The van der Waals surface area contributed by atoms with E-state index in [1.165, 1.54) is 0 Å². The first-order chi connectivity index (χ1) is 11.2. The van der Waals surface area contributed by atoms with Gasteiger partial charge >= 0.3 is 18.0 Å². The molecule has 4 rings (SSSR count). The van der Waals surface area contributed by atoms with Crippen LogP contribution < -0.4 is 14.0 Å². The van der Waals surface area contributed by atoms with Crippen LogP contribution in [0.25, 0.3) is 0 Å². The highest BCUT2D eigenvalue weighted by Crippen LogP contribution is 2.35. The number of hydrogen-bond donors (Lipinski definition) is 0. The number of quaternary nitrogens is 1. The van der Waals surface area contributed by atoms with Gasteiger partial charge in [-0.15, -0.1) is 15.0 Å². The van der Waals surface area contributed by atoms with Crippen LogP contribution in [0.3, 0.4) is 0 Å². The standard InChI is InChI=1S/C16H25N4O3/c1-3-9-22-15-17-14(18-16(19-15)23-10-4-2)20-7-5-12(6-8-20)13(21)11-20/h12H,3-11H2,1-2H3/q+1. The second-order valence-corrected chi connectivity index (χ2v) is 6.39. The number of rotatable bonds is 7. The minimum Gasteiger partial charge on any atom is -0.463 e. The molecule has 3 aliphatic rings. The van der Waals surface area contributed by atoms with Crippen LogP contribution >= 0.6 is 0 Å². The van der Waals surface area contributed by atoms with Crippen LogP contribution in [0, 0.1) is 5.92 Å². The van der Waals surface area contributed by atoms with Crippen molar-refractivity contribution >= 4 is 11.7 Å². The van der Waals surface area contributed by atoms with Crippen molar-refractivity contribution in [2.75, 3.05) is 32.8 Å². The molecule has 7 nitrogen and oxygen atoms in total. The number of carbonyl (C=O) groups excluding carboxylic acids is 1. The van der Waals surface area contributed by atoms with E-state index in [1.807, 2.05) is 13.8 Å². The van der Waals surface area contributed by atoms with Gasteiger partial charge in [-0.05, 0) is 12.8 Å². The van der Waals surface area contributed by atoms with Crippen molar-refractivity contribution in [3.63, 3.8) is 0 Å². The Morgan fingerprint density at radius 1 is 1.00 bits per heavy atom. The first-order valence-corrected chi connectivity index (χ1v) is 8.58. The van der Waals surface area contributed by atoms with Gasteiger partial charge in [-0.1, -0.05) is 13.8 Å². The van der Waals surface area contributed by atoms with Gasteiger partial charge in [0.15, 0.2) is 5.78 Å². The Hall–Kier alpha value is -1.76. The molecule has 126 valence electrons. The molecule has 23 heavy (non-hydrogen) atoms. The second kappa shape index (κ2) is 6.78. The summed E-state index contributed by atoms with van der Waals surface area (Å²) in [4.78, 5) is 25.4. The number of ketones is 1. The van der Waals surface area contributed by atoms with Gasteiger partial charge in [-0.2, -0.15) is 0 Å². The van der Waals surface area contributed by atoms with E-state index >= 15 is 0 Å². The molecule has 3 saturated heterocycles. The number of aromatic nitrogens is 3. The summed E-state index contributed by atoms with van der Waals surface area (Å²) in [5, 5.41) is 0. The quantitative estimate of drug-likeness (QED) is 0.712. The molecule has 4 heterocycles. The first-order valence-electron chi connectivity index (χ1n) is 8.58. The molecular weight excluding hydrogens is 296 g/mol. The van der Waals surface area contributed by atoms with Gasteiger partial charge < -0.3 is 9.47 Å². The maximum atomic E-state index is 12.2. The topological polar surface area (TPSA) is 74.2 Å². The van der Waals surface area contributed by atoms with E-state index in [-0.39, 0.29) is 5.92 Å². The number of Topliss-reactive ketones (excluding diaryl/α,β-unsaturated/α-hetero) is 1. The number of carbonyl (C=O) groups is 1. The van der Waals surface area contributed by atoms with Crippen LogP contribution in [0.5, 0.6) is 12.0 Å². The van der Waals surface area contributed by atoms with Gasteiger partial charge in [0.05, 0.1) is 26.3 Å². The zero-order valence-electron chi connectivity index (χ0n) is 14.0. The maximum absolute atomic E-state index is 12.2. The Morgan fingerprint density at radius 2 is 1.57 bits per heavy atom. The Morgan fingerprint density at radius 3 is 2.04 bits per heavy atom. The molecule has 0 aliphatic carbocycles. The lowest BCUT2D eigenvalue weighted by Crippen LogP contribution is -2.64. The Balaban J connectivity index is 1.91. The van der Waals surface area contributed by atoms with Crippen LogP contribution in [-0.4, -0.2) is 53.6 Å². The zero-order chi connectivity index (χ0) is 16.3. The average Bonchev–Trinajstić information content (AvgIpc) is 2.59. The van der Waals surface area contributed by atoms with E-state index < -0.39 is 0 Å². The summed E-state index contributed by atoms with van der Waals surface area (Å²) in [5.41, 5.74) is 0. The predicted octanol–water partition coefficient (Wildman–Crippen LogP) is 1.75. The number of hydrogen-bond acceptors (Lipinski definition) is 6. The van der Waals surface area contributed by atoms with Crippen LogP contribution in [0.4, 0.5) is 5.95 Å². The van der Waals surface area contributed by atoms with E-state index in [2.05, 4.69) is 15.0 Å². The Labute approximate surface area is 136 Å². The van der Waals surface area contributed by atoms with Crippen molar-refractivity contribution in [2.24, 2.45) is 5.92 Å². The summed E-state index contributed by atoms with van der Waals surface area (Å²) in [6.45, 7) is 7.46. The number of nitrogens with zero attached hydrogens (tertiary/aromatic N) is 4. The van der Waals surface area contributed by atoms with Crippen molar-refractivity contribution < 1.29 is 14.3 Å². The van der Waals surface area contributed by atoms with Gasteiger partial charge in [-0.25, -0.2) is 0 Å². The molecule has 0 saturated carbocycles. The zero-order valence-corrected chi connectivity index (χ0v) is 14.0. The van der Waals surface area contributed by atoms with Crippen LogP contribution in [0.1, 0.15) is 39.5 Å². The van der Waals surface area contributed by atoms with Gasteiger partial charge in [-0.3, -0.25) is 9.28 Å². The molecule has 0 unspecified atom stereocenters. The molecule has 1 aromatic heterocycles. The van der Waals surface area contributed by atoms with E-state index in [1.54, 1.807) is 0 Å². The van der Waals surface area contributed by atoms with Crippen LogP contribution in [-0.2, 0) is 4.79 Å². The molecule has 0 spiro atoms. The molecular formula is C16H25N4O3+. The molecule has 0 aromatic carbocycles. The predicted molar refractivity (Wildman–Crippen MR) is 85.5 cm³/mol. The monoisotopic (exact) mass is 321 g/mol. The molecule has 3 fully saturated rings. The molecule has 0 atom stereocenters. The number of ether oxygens (including phenoxy) is 2. The third kappa shape index (κ3) is 3.29. The fraction of sp³-hybridized carbons (Fsp3) is 0.750. The number of fused-ring (bicyclic) bond motifs is 3. The van der Waals surface area contributed by atoms with Crippen LogP contribution in [0.2, 0.25) is 0 Å². The fourth-order valence-corrected chi connectivity index (χ4v) is 3.30. The fourth-order valence-electron chi connectivity index (χ4n) is 3.30. The molecule has 7 heteroatoms. The maximum Gasteiger partial charge on any atom is 0.338 e. The molecule has 0 amide bonds. The van der Waals surface area contributed by atoms with E-state index in [4.69, 9.17) is 9.47 Å². The molecule has 1 aromatic rings. The highest BCUT2D eigenvalue weighted by atomic mass is 16.5. The van der Waals surface area contributed by atoms with Crippen molar-refractivity contribution in [2.45, 2.75) is 39.5 Å². The normalized spacial score (nSPS) is 26.3. The lowest BCUT2D eigenvalue weighted by atomic mass is 9.85. The summed E-state index contributed by atoms with van der Waals surface area (Å²) in [5.74, 6) is 1.18. The second-order valence-electron chi connectivity index (χ2n) is 6.39. The minimum absolute atomic E-state index is 0.239. The van der Waals surface area contributed by atoms with E-state index in [9.17, 15) is 4.79 Å². The molecule has 0 radical (unpaired) electrons. The van der Waals surface area contributed by atoms with Gasteiger partial charge in [0.25, 0.3) is 0 Å². The largest absolute Gasteiger partial charge is 0.463 e. The summed E-state index contributed by atoms with van der Waals surface area (Å²) >= 11 is 0. The molecule has 0 N–H and O–H groups in total. The Kier molecular flexibility index (Phi) is 4.75. The van der Waals surface area contributed by atoms with Crippen LogP contribution in [0.15, 0.2) is 0 Å². The van der Waals surface area contributed by atoms with Crippen molar-refractivity contribution in [1.29, 1.82) is 0 Å². The first kappa shape index (κ1) is 16.1. The molecule has 3 aliphatic heterocycles. The van der Waals surface area contributed by atoms with Gasteiger partial charge in [0, 0.05) is 18.8 Å². The highest BCUT2D eigenvalue weighted by Gasteiger charge is 2.49. The summed E-state index contributed by atoms with van der Waals surface area (Å²) in [7, 11) is 0. The molecule has 2 bridgehead atoms. The smallest absolute Gasteiger partial charge is 0.338 e. The summed E-state index contributed by atoms with van der Waals surface area (Å²) in [6.07, 6.45) is 3.60. The third-order valence-corrected chi connectivity index (χ3v) is 4.60. The summed E-state index contributed by atoms with van der Waals surface area (Å²) in [6, 6.07) is 0.603. The minimum atomic E-state index is 0.239. The summed E-state index contributed by atoms with van der Waals surface area (Å²) < 4.78 is 11.7.